The smallest absolute Gasteiger partial charge is 0.408 e. The van der Waals surface area contributed by atoms with Crippen molar-refractivity contribution in [3.05, 3.63) is 70.2 Å². The third-order valence-electron chi connectivity index (χ3n) is 4.68. The SMILES string of the molecule is COC(=O)[C@@H](Cc1ccc(Br)cc1)NC(=O)[C@H](CC(C)C)NC(=O)OCc1ccccc1. The Bertz CT molecular complexity index is 887. The second kappa shape index (κ2) is 12.9. The van der Waals surface area contributed by atoms with E-state index in [0.717, 1.165) is 15.6 Å². The number of halogens is 1. The number of carbonyl (C=O) groups is 3. The van der Waals surface area contributed by atoms with E-state index in [9.17, 15) is 14.4 Å². The highest BCUT2D eigenvalue weighted by Crippen LogP contribution is 2.13. The van der Waals surface area contributed by atoms with E-state index in [4.69, 9.17) is 9.47 Å². The number of benzene rings is 2. The number of esters is 1. The molecule has 2 amide bonds. The van der Waals surface area contributed by atoms with E-state index in [1.807, 2.05) is 68.4 Å². The number of carbonyl (C=O) groups excluding carboxylic acids is 3. The number of hydrogen-bond acceptors (Lipinski definition) is 5. The Labute approximate surface area is 197 Å². The summed E-state index contributed by atoms with van der Waals surface area (Å²) in [6, 6.07) is 15.0. The van der Waals surface area contributed by atoms with Gasteiger partial charge in [-0.1, -0.05) is 72.2 Å². The van der Waals surface area contributed by atoms with Gasteiger partial charge in [0.1, 0.15) is 18.7 Å². The highest BCUT2D eigenvalue weighted by atomic mass is 79.9. The normalized spacial score (nSPS) is 12.5. The van der Waals surface area contributed by atoms with Gasteiger partial charge in [-0.25, -0.2) is 9.59 Å². The number of nitrogens with one attached hydrogen (secondary N) is 2. The van der Waals surface area contributed by atoms with E-state index in [0.29, 0.717) is 6.42 Å². The van der Waals surface area contributed by atoms with Gasteiger partial charge in [-0.3, -0.25) is 4.79 Å². The second-order valence-corrected chi connectivity index (χ2v) is 8.72. The standard InChI is InChI=1S/C24H29BrN2O5/c1-16(2)13-20(27-24(30)32-15-18-7-5-4-6-8-18)22(28)26-21(23(29)31-3)14-17-9-11-19(25)12-10-17/h4-12,16,20-21H,13-15H2,1-3H3,(H,26,28)(H,27,30)/t20-,21+/m0/s1. The Hall–Kier alpha value is -2.87. The summed E-state index contributed by atoms with van der Waals surface area (Å²) >= 11 is 3.37. The fraction of sp³-hybridized carbons (Fsp3) is 0.375. The van der Waals surface area contributed by atoms with Crippen LogP contribution in [0.5, 0.6) is 0 Å². The van der Waals surface area contributed by atoms with Crippen molar-refractivity contribution in [2.75, 3.05) is 7.11 Å². The number of methoxy groups -OCH3 is 1. The molecule has 0 unspecified atom stereocenters. The lowest BCUT2D eigenvalue weighted by atomic mass is 10.0. The molecule has 0 spiro atoms. The number of amides is 2. The third-order valence-corrected chi connectivity index (χ3v) is 5.21. The molecule has 2 aromatic rings. The Morgan fingerprint density at radius 1 is 0.906 bits per heavy atom. The minimum Gasteiger partial charge on any atom is -0.467 e. The number of hydrogen-bond donors (Lipinski definition) is 2. The molecule has 2 atom stereocenters. The molecule has 0 fully saturated rings. The average molecular weight is 505 g/mol. The van der Waals surface area contributed by atoms with Gasteiger partial charge in [-0.2, -0.15) is 0 Å². The molecule has 0 saturated carbocycles. The molecule has 2 N–H and O–H groups in total. The fourth-order valence-electron chi connectivity index (χ4n) is 3.07. The Morgan fingerprint density at radius 3 is 2.16 bits per heavy atom. The zero-order valence-electron chi connectivity index (χ0n) is 18.5. The lowest BCUT2D eigenvalue weighted by Gasteiger charge is -2.23. The molecular weight excluding hydrogens is 476 g/mol. The number of rotatable bonds is 10. The quantitative estimate of drug-likeness (QED) is 0.477. The van der Waals surface area contributed by atoms with Gasteiger partial charge in [0.15, 0.2) is 0 Å². The molecule has 0 aliphatic heterocycles. The summed E-state index contributed by atoms with van der Waals surface area (Å²) in [4.78, 5) is 37.6. The molecule has 2 aromatic carbocycles. The van der Waals surface area contributed by atoms with Gasteiger partial charge < -0.3 is 20.1 Å². The number of ether oxygens (including phenoxy) is 2. The molecule has 0 saturated heterocycles. The first-order valence-corrected chi connectivity index (χ1v) is 11.2. The highest BCUT2D eigenvalue weighted by Gasteiger charge is 2.28. The first-order chi connectivity index (χ1) is 15.3. The molecule has 7 nitrogen and oxygen atoms in total. The molecule has 0 heterocycles. The van der Waals surface area contributed by atoms with E-state index in [-0.39, 0.29) is 18.9 Å². The average Bonchev–Trinajstić information content (AvgIpc) is 2.78. The van der Waals surface area contributed by atoms with E-state index in [1.54, 1.807) is 0 Å². The van der Waals surface area contributed by atoms with Crippen LogP contribution in [0.1, 0.15) is 31.4 Å². The van der Waals surface area contributed by atoms with E-state index in [1.165, 1.54) is 7.11 Å². The Kier molecular flexibility index (Phi) is 10.2. The molecule has 0 aliphatic carbocycles. The molecule has 172 valence electrons. The molecule has 0 aliphatic rings. The molecule has 0 bridgehead atoms. The summed E-state index contributed by atoms with van der Waals surface area (Å²) in [5.74, 6) is -0.901. The van der Waals surface area contributed by atoms with Crippen LogP contribution >= 0.6 is 15.9 Å². The van der Waals surface area contributed by atoms with Gasteiger partial charge in [0, 0.05) is 10.9 Å². The van der Waals surface area contributed by atoms with Crippen molar-refractivity contribution in [1.29, 1.82) is 0 Å². The largest absolute Gasteiger partial charge is 0.467 e. The zero-order valence-corrected chi connectivity index (χ0v) is 20.1. The first-order valence-electron chi connectivity index (χ1n) is 10.4. The monoisotopic (exact) mass is 504 g/mol. The second-order valence-electron chi connectivity index (χ2n) is 7.80. The summed E-state index contributed by atoms with van der Waals surface area (Å²) in [5.41, 5.74) is 1.70. The van der Waals surface area contributed by atoms with Gasteiger partial charge in [-0.15, -0.1) is 0 Å². The number of alkyl carbamates (subject to hydrolysis) is 1. The van der Waals surface area contributed by atoms with E-state index >= 15 is 0 Å². The third kappa shape index (κ3) is 8.70. The Balaban J connectivity index is 2.03. The van der Waals surface area contributed by atoms with Crippen molar-refractivity contribution in [1.82, 2.24) is 10.6 Å². The molecule has 32 heavy (non-hydrogen) atoms. The van der Waals surface area contributed by atoms with Crippen molar-refractivity contribution in [3.63, 3.8) is 0 Å². The maximum absolute atomic E-state index is 13.0. The van der Waals surface area contributed by atoms with Gasteiger partial charge in [0.25, 0.3) is 0 Å². The topological polar surface area (TPSA) is 93.7 Å². The van der Waals surface area contributed by atoms with Crippen molar-refractivity contribution in [2.24, 2.45) is 5.92 Å². The molecular formula is C24H29BrN2O5. The summed E-state index contributed by atoms with van der Waals surface area (Å²) in [7, 11) is 1.27. The van der Waals surface area contributed by atoms with E-state index < -0.39 is 30.1 Å². The molecule has 0 aromatic heterocycles. The maximum Gasteiger partial charge on any atom is 0.408 e. The zero-order chi connectivity index (χ0) is 23.5. The van der Waals surface area contributed by atoms with Crippen LogP contribution in [-0.4, -0.2) is 37.2 Å². The van der Waals surface area contributed by atoms with Crippen LogP contribution in [0.4, 0.5) is 4.79 Å². The van der Waals surface area contributed by atoms with Crippen LogP contribution in [0.25, 0.3) is 0 Å². The molecule has 2 rings (SSSR count). The van der Waals surface area contributed by atoms with Crippen LogP contribution < -0.4 is 10.6 Å². The predicted octanol–water partition coefficient (Wildman–Crippen LogP) is 3.99. The predicted molar refractivity (Wildman–Crippen MR) is 125 cm³/mol. The van der Waals surface area contributed by atoms with Crippen molar-refractivity contribution >= 4 is 33.9 Å². The van der Waals surface area contributed by atoms with E-state index in [2.05, 4.69) is 26.6 Å². The molecule has 8 heteroatoms. The lowest BCUT2D eigenvalue weighted by molar-refractivity contribution is -0.145. The molecule has 0 radical (unpaired) electrons. The van der Waals surface area contributed by atoms with Gasteiger partial charge in [0.05, 0.1) is 7.11 Å². The van der Waals surface area contributed by atoms with Crippen LogP contribution in [0.15, 0.2) is 59.1 Å². The van der Waals surface area contributed by atoms with Gasteiger partial charge in [-0.05, 0) is 35.6 Å². The summed E-state index contributed by atoms with van der Waals surface area (Å²) in [6.45, 7) is 3.98. The minimum absolute atomic E-state index is 0.0943. The van der Waals surface area contributed by atoms with Crippen molar-refractivity contribution in [3.8, 4) is 0 Å². The van der Waals surface area contributed by atoms with Gasteiger partial charge in [0.2, 0.25) is 5.91 Å². The minimum atomic E-state index is -0.884. The van der Waals surface area contributed by atoms with Crippen molar-refractivity contribution < 1.29 is 23.9 Å². The van der Waals surface area contributed by atoms with Crippen LogP contribution in [0.3, 0.4) is 0 Å². The Morgan fingerprint density at radius 2 is 1.56 bits per heavy atom. The summed E-state index contributed by atoms with van der Waals surface area (Å²) in [6.07, 6.45) is -0.0473. The summed E-state index contributed by atoms with van der Waals surface area (Å²) < 4.78 is 11.0. The maximum atomic E-state index is 13.0. The summed E-state index contributed by atoms with van der Waals surface area (Å²) in [5, 5.41) is 5.34. The van der Waals surface area contributed by atoms with Crippen LogP contribution in [-0.2, 0) is 32.1 Å². The van der Waals surface area contributed by atoms with Crippen molar-refractivity contribution in [2.45, 2.75) is 45.4 Å². The first kappa shape index (κ1) is 25.4. The van der Waals surface area contributed by atoms with Gasteiger partial charge >= 0.3 is 12.1 Å². The fourth-order valence-corrected chi connectivity index (χ4v) is 3.34. The van der Waals surface area contributed by atoms with Crippen LogP contribution in [0.2, 0.25) is 0 Å². The lowest BCUT2D eigenvalue weighted by Crippen LogP contribution is -2.53. The highest BCUT2D eigenvalue weighted by molar-refractivity contribution is 9.10. The van der Waals surface area contributed by atoms with Crippen LogP contribution in [0, 0.1) is 5.92 Å².